The number of pyridine rings is 1. The number of nitrogens with zero attached hydrogens (tertiary/aromatic N) is 6. The van der Waals surface area contributed by atoms with Gasteiger partial charge in [-0.3, -0.25) is 4.98 Å². The molecule has 0 aliphatic carbocycles. The molecule has 6 nitrogen and oxygen atoms in total. The lowest BCUT2D eigenvalue weighted by molar-refractivity contribution is 1.07. The molecule has 0 aliphatic rings. The van der Waals surface area contributed by atoms with Crippen LogP contribution in [-0.2, 0) is 0 Å². The first-order valence-corrected chi connectivity index (χ1v) is 24.9. The van der Waals surface area contributed by atoms with Crippen molar-refractivity contribution in [2.75, 3.05) is 0 Å². The lowest BCUT2D eigenvalue weighted by Gasteiger charge is -2.22. The Morgan fingerprint density at radius 2 is 0.703 bits per heavy atom. The highest BCUT2D eigenvalue weighted by molar-refractivity contribution is 6.13. The highest BCUT2D eigenvalue weighted by Gasteiger charge is 2.25. The predicted molar refractivity (Wildman–Crippen MR) is 304 cm³/mol. The molecular formula is C68H44N6. The van der Waals surface area contributed by atoms with Crippen molar-refractivity contribution in [1.82, 2.24) is 29.1 Å². The van der Waals surface area contributed by atoms with Crippen LogP contribution in [0.3, 0.4) is 0 Å². The Morgan fingerprint density at radius 3 is 1.23 bits per heavy atom. The lowest BCUT2D eigenvalue weighted by atomic mass is 9.91. The summed E-state index contributed by atoms with van der Waals surface area (Å²) in [4.78, 5) is 20.4. The van der Waals surface area contributed by atoms with Crippen LogP contribution >= 0.6 is 0 Å². The molecule has 0 spiro atoms. The van der Waals surface area contributed by atoms with E-state index in [-0.39, 0.29) is 0 Å². The Hall–Kier alpha value is -10.0. The molecule has 0 radical (unpaired) electrons. The number of hydrogen-bond acceptors (Lipinski definition) is 4. The number of fused-ring (bicyclic) bond motifs is 6. The third-order valence-electron chi connectivity index (χ3n) is 14.3. The van der Waals surface area contributed by atoms with Crippen LogP contribution < -0.4 is 0 Å². The zero-order valence-electron chi connectivity index (χ0n) is 40.1. The Bertz CT molecular complexity index is 4340. The molecule has 0 fully saturated rings. The second kappa shape index (κ2) is 18.0. The minimum Gasteiger partial charge on any atom is -0.309 e. The minimum absolute atomic E-state index is 0.575. The molecule has 0 bridgehead atoms. The molecule has 0 saturated heterocycles. The van der Waals surface area contributed by atoms with Crippen LogP contribution in [0.1, 0.15) is 0 Å². The van der Waals surface area contributed by atoms with E-state index in [0.717, 1.165) is 72.4 Å². The number of hydrogen-bond donors (Lipinski definition) is 0. The Morgan fingerprint density at radius 1 is 0.257 bits per heavy atom. The first-order valence-electron chi connectivity index (χ1n) is 24.9. The van der Waals surface area contributed by atoms with E-state index < -0.39 is 0 Å². The molecule has 346 valence electrons. The molecule has 10 aromatic carbocycles. The third-order valence-corrected chi connectivity index (χ3v) is 14.3. The van der Waals surface area contributed by atoms with Crippen molar-refractivity contribution >= 4 is 43.6 Å². The molecule has 14 aromatic rings. The lowest BCUT2D eigenvalue weighted by Crippen LogP contribution is -2.05. The van der Waals surface area contributed by atoms with Crippen LogP contribution in [0.25, 0.3) is 134 Å². The van der Waals surface area contributed by atoms with Gasteiger partial charge in [-0.25, -0.2) is 15.0 Å². The van der Waals surface area contributed by atoms with Gasteiger partial charge in [0.2, 0.25) is 0 Å². The van der Waals surface area contributed by atoms with Gasteiger partial charge in [0.1, 0.15) is 0 Å². The molecule has 6 heteroatoms. The van der Waals surface area contributed by atoms with Crippen molar-refractivity contribution in [1.29, 1.82) is 0 Å². The molecule has 4 heterocycles. The van der Waals surface area contributed by atoms with Gasteiger partial charge in [-0.2, -0.15) is 0 Å². The maximum absolute atomic E-state index is 5.29. The van der Waals surface area contributed by atoms with Crippen LogP contribution in [0.15, 0.2) is 267 Å². The van der Waals surface area contributed by atoms with Gasteiger partial charge >= 0.3 is 0 Å². The largest absolute Gasteiger partial charge is 0.309 e. The van der Waals surface area contributed by atoms with E-state index in [0.29, 0.717) is 17.5 Å². The molecule has 0 atom stereocenters. The summed E-state index contributed by atoms with van der Waals surface area (Å²) in [6.45, 7) is 0. The van der Waals surface area contributed by atoms with E-state index >= 15 is 0 Å². The smallest absolute Gasteiger partial charge is 0.164 e. The van der Waals surface area contributed by atoms with Crippen molar-refractivity contribution in [3.63, 3.8) is 0 Å². The molecule has 14 rings (SSSR count). The summed E-state index contributed by atoms with van der Waals surface area (Å²) in [5.41, 5.74) is 17.9. The van der Waals surface area contributed by atoms with Gasteiger partial charge in [0.05, 0.1) is 33.4 Å². The normalized spacial score (nSPS) is 11.5. The maximum atomic E-state index is 5.29. The average Bonchev–Trinajstić information content (AvgIpc) is 4.00. The molecule has 0 saturated carbocycles. The molecule has 4 aromatic heterocycles. The van der Waals surface area contributed by atoms with Crippen molar-refractivity contribution in [2.45, 2.75) is 0 Å². The van der Waals surface area contributed by atoms with Gasteiger partial charge in [0.15, 0.2) is 17.5 Å². The second-order valence-electron chi connectivity index (χ2n) is 18.6. The number of para-hydroxylation sites is 2. The summed E-state index contributed by atoms with van der Waals surface area (Å²) in [7, 11) is 0. The van der Waals surface area contributed by atoms with E-state index in [2.05, 4.69) is 221 Å². The SMILES string of the molecule is c1ccc(-c2ccc3c(c2)c2ccccc2n3-c2ccc(-c3nc(-c4ccccc4)nc(-c4ccccc4)n3)cc2-c2c(-c3cccnc3)cccc2-n2c3ccccc3c3cc(-c4ccccc4)ccc32)cc1. The summed E-state index contributed by atoms with van der Waals surface area (Å²) >= 11 is 0. The van der Waals surface area contributed by atoms with Gasteiger partial charge in [-0.1, -0.05) is 188 Å². The van der Waals surface area contributed by atoms with E-state index in [4.69, 9.17) is 19.9 Å². The van der Waals surface area contributed by atoms with Crippen LogP contribution in [-0.4, -0.2) is 29.1 Å². The van der Waals surface area contributed by atoms with E-state index in [1.54, 1.807) is 0 Å². The van der Waals surface area contributed by atoms with Gasteiger partial charge in [0.25, 0.3) is 0 Å². The third kappa shape index (κ3) is 7.35. The van der Waals surface area contributed by atoms with E-state index in [1.165, 1.54) is 43.8 Å². The average molecular weight is 945 g/mol. The zero-order valence-corrected chi connectivity index (χ0v) is 40.1. The second-order valence-corrected chi connectivity index (χ2v) is 18.6. The van der Waals surface area contributed by atoms with Crippen molar-refractivity contribution in [3.8, 4) is 90.0 Å². The first-order chi connectivity index (χ1) is 36.7. The Kier molecular flexibility index (Phi) is 10.4. The fourth-order valence-electron chi connectivity index (χ4n) is 10.9. The van der Waals surface area contributed by atoms with Crippen molar-refractivity contribution in [2.24, 2.45) is 0 Å². The van der Waals surface area contributed by atoms with Gasteiger partial charge in [-0.05, 0) is 94.5 Å². The Balaban J connectivity index is 1.10. The van der Waals surface area contributed by atoms with Crippen molar-refractivity contribution < 1.29 is 0 Å². The van der Waals surface area contributed by atoms with Crippen LogP contribution in [0.4, 0.5) is 0 Å². The molecule has 74 heavy (non-hydrogen) atoms. The van der Waals surface area contributed by atoms with Crippen molar-refractivity contribution in [3.05, 3.63) is 267 Å². The highest BCUT2D eigenvalue weighted by atomic mass is 15.0. The molecule has 0 N–H and O–H groups in total. The van der Waals surface area contributed by atoms with Gasteiger partial charge in [0, 0.05) is 67.3 Å². The highest BCUT2D eigenvalue weighted by Crippen LogP contribution is 2.46. The summed E-state index contributed by atoms with van der Waals surface area (Å²) in [5.74, 6) is 1.78. The fraction of sp³-hybridized carbons (Fsp3) is 0. The number of aromatic nitrogens is 6. The fourth-order valence-corrected chi connectivity index (χ4v) is 10.9. The molecular weight excluding hydrogens is 901 g/mol. The topological polar surface area (TPSA) is 61.4 Å². The zero-order chi connectivity index (χ0) is 49.0. The molecule has 0 unspecified atom stereocenters. The number of benzene rings is 10. The predicted octanol–water partition coefficient (Wildman–Crippen LogP) is 17.1. The van der Waals surface area contributed by atoms with E-state index in [1.807, 2.05) is 54.9 Å². The standard InChI is InChI=1S/C68H44N6/c1-5-19-45(20-6-1)49-34-37-61-56(41-49)54-28-13-15-31-59(54)73(61)63-39-36-51(68-71-66(47-23-9-3-10-24-47)70-67(72-68)48-25-11-4-12-26-48)43-58(63)65-53(52-27-18-40-69-44-52)30-17-33-64(65)74-60-32-16-14-29-55(60)57-42-50(35-38-62(57)74)46-21-7-2-8-22-46/h1-44H. The van der Waals surface area contributed by atoms with Gasteiger partial charge < -0.3 is 9.13 Å². The summed E-state index contributed by atoms with van der Waals surface area (Å²) in [5, 5.41) is 4.70. The molecule has 0 amide bonds. The quantitative estimate of drug-likeness (QED) is 0.145. The van der Waals surface area contributed by atoms with E-state index in [9.17, 15) is 0 Å². The van der Waals surface area contributed by atoms with Crippen LogP contribution in [0.5, 0.6) is 0 Å². The Labute approximate surface area is 427 Å². The molecule has 0 aliphatic heterocycles. The summed E-state index contributed by atoms with van der Waals surface area (Å²) < 4.78 is 4.89. The van der Waals surface area contributed by atoms with Gasteiger partial charge in [-0.15, -0.1) is 0 Å². The summed E-state index contributed by atoms with van der Waals surface area (Å²) in [6.07, 6.45) is 3.81. The van der Waals surface area contributed by atoms with Crippen LogP contribution in [0, 0.1) is 0 Å². The first kappa shape index (κ1) is 42.8. The maximum Gasteiger partial charge on any atom is 0.164 e. The minimum atomic E-state index is 0.575. The monoisotopic (exact) mass is 944 g/mol. The number of rotatable bonds is 9. The summed E-state index contributed by atoms with van der Waals surface area (Å²) in [6, 6.07) is 90.5. The van der Waals surface area contributed by atoms with Crippen LogP contribution in [0.2, 0.25) is 0 Å².